The molecule has 0 aromatic heterocycles. The first-order chi connectivity index (χ1) is 7.42. The van der Waals surface area contributed by atoms with Gasteiger partial charge in [-0.1, -0.05) is 0 Å². The van der Waals surface area contributed by atoms with E-state index in [0.29, 0.717) is 0 Å². The van der Waals surface area contributed by atoms with Crippen LogP contribution in [0.5, 0.6) is 5.75 Å². The molecule has 0 spiro atoms. The Hall–Kier alpha value is -1.22. The van der Waals surface area contributed by atoms with Crippen LogP contribution in [-0.4, -0.2) is 26.2 Å². The molecule has 16 heavy (non-hydrogen) atoms. The predicted octanol–water partition coefficient (Wildman–Crippen LogP) is 2.26. The van der Waals surface area contributed by atoms with Crippen LogP contribution in [0, 0.1) is 0 Å². The fourth-order valence-corrected chi connectivity index (χ4v) is 1.42. The summed E-state index contributed by atoms with van der Waals surface area (Å²) in [6.45, 7) is 5.06. The molecule has 0 aliphatic rings. The summed E-state index contributed by atoms with van der Waals surface area (Å²) in [7, 11) is 3.75. The molecule has 3 heteroatoms. The lowest BCUT2D eigenvalue weighted by molar-refractivity contribution is 0.415. The number of hydrogen-bond acceptors (Lipinski definition) is 3. The number of ether oxygens (including phenoxy) is 1. The van der Waals surface area contributed by atoms with E-state index in [9.17, 15) is 0 Å². The lowest BCUT2D eigenvalue weighted by Crippen LogP contribution is -2.36. The van der Waals surface area contributed by atoms with Crippen LogP contribution in [0.15, 0.2) is 24.3 Å². The Kier molecular flexibility index (Phi) is 4.19. The van der Waals surface area contributed by atoms with Gasteiger partial charge in [-0.05, 0) is 44.5 Å². The first-order valence-electron chi connectivity index (χ1n) is 5.56. The first-order valence-corrected chi connectivity index (χ1v) is 5.56. The summed E-state index contributed by atoms with van der Waals surface area (Å²) < 4.78 is 5.12. The van der Waals surface area contributed by atoms with Crippen molar-refractivity contribution in [2.24, 2.45) is 5.73 Å². The molecule has 2 N–H and O–H groups in total. The normalized spacial score (nSPS) is 11.3. The first kappa shape index (κ1) is 12.8. The van der Waals surface area contributed by atoms with Gasteiger partial charge in [0.2, 0.25) is 0 Å². The molecule has 1 aromatic carbocycles. The van der Waals surface area contributed by atoms with Gasteiger partial charge in [-0.2, -0.15) is 0 Å². The van der Waals surface area contributed by atoms with Crippen molar-refractivity contribution >= 4 is 5.69 Å². The highest BCUT2D eigenvalue weighted by Gasteiger charge is 2.11. The maximum Gasteiger partial charge on any atom is 0.119 e. The summed E-state index contributed by atoms with van der Waals surface area (Å²) in [4.78, 5) is 2.20. The van der Waals surface area contributed by atoms with E-state index in [2.05, 4.69) is 37.9 Å². The van der Waals surface area contributed by atoms with Crippen molar-refractivity contribution < 1.29 is 4.74 Å². The van der Waals surface area contributed by atoms with Crippen LogP contribution < -0.4 is 15.4 Å². The molecule has 0 unspecified atom stereocenters. The van der Waals surface area contributed by atoms with Crippen molar-refractivity contribution in [3.05, 3.63) is 24.3 Å². The topological polar surface area (TPSA) is 38.5 Å². The second-order valence-corrected chi connectivity index (χ2v) is 4.86. The van der Waals surface area contributed by atoms with Gasteiger partial charge in [-0.3, -0.25) is 0 Å². The van der Waals surface area contributed by atoms with Gasteiger partial charge in [0.15, 0.2) is 0 Å². The third-order valence-corrected chi connectivity index (χ3v) is 2.60. The minimum Gasteiger partial charge on any atom is -0.497 e. The third-order valence-electron chi connectivity index (χ3n) is 2.60. The van der Waals surface area contributed by atoms with Gasteiger partial charge < -0.3 is 15.4 Å². The number of hydrogen-bond donors (Lipinski definition) is 1. The molecule has 0 fully saturated rings. The van der Waals surface area contributed by atoms with Crippen molar-refractivity contribution in [1.29, 1.82) is 0 Å². The number of anilines is 1. The highest BCUT2D eigenvalue weighted by molar-refractivity contribution is 5.48. The van der Waals surface area contributed by atoms with Crippen LogP contribution in [0.3, 0.4) is 0 Å². The lowest BCUT2D eigenvalue weighted by Gasteiger charge is -2.25. The molecular weight excluding hydrogens is 200 g/mol. The van der Waals surface area contributed by atoms with Gasteiger partial charge in [0.1, 0.15) is 5.75 Å². The zero-order valence-electron chi connectivity index (χ0n) is 10.7. The minimum absolute atomic E-state index is 0.110. The second kappa shape index (κ2) is 5.21. The molecular formula is C13H22N2O. The average Bonchev–Trinajstić information content (AvgIpc) is 2.25. The van der Waals surface area contributed by atoms with Crippen molar-refractivity contribution in [2.75, 3.05) is 25.6 Å². The standard InChI is InChI=1S/C13H22N2O/c1-13(2,14)9-10-15(3)11-5-7-12(16-4)8-6-11/h5-8H,9-10,14H2,1-4H3. The Morgan fingerprint density at radius 2 is 1.81 bits per heavy atom. The van der Waals surface area contributed by atoms with Crippen LogP contribution in [0.2, 0.25) is 0 Å². The van der Waals surface area contributed by atoms with Gasteiger partial charge in [0.05, 0.1) is 7.11 Å². The number of nitrogens with two attached hydrogens (primary N) is 1. The molecule has 90 valence electrons. The van der Waals surface area contributed by atoms with E-state index in [1.54, 1.807) is 7.11 Å². The molecule has 0 saturated carbocycles. The SMILES string of the molecule is COc1ccc(N(C)CCC(C)(C)N)cc1. The van der Waals surface area contributed by atoms with Gasteiger partial charge in [0, 0.05) is 24.8 Å². The molecule has 0 aliphatic heterocycles. The van der Waals surface area contributed by atoms with Crippen LogP contribution in [0.4, 0.5) is 5.69 Å². The summed E-state index contributed by atoms with van der Waals surface area (Å²) in [5, 5.41) is 0. The van der Waals surface area contributed by atoms with Crippen molar-refractivity contribution in [3.8, 4) is 5.75 Å². The molecule has 0 heterocycles. The van der Waals surface area contributed by atoms with Crippen molar-refractivity contribution in [2.45, 2.75) is 25.8 Å². The largest absolute Gasteiger partial charge is 0.497 e. The fourth-order valence-electron chi connectivity index (χ4n) is 1.42. The number of nitrogens with zero attached hydrogens (tertiary/aromatic N) is 1. The van der Waals surface area contributed by atoms with Gasteiger partial charge in [0.25, 0.3) is 0 Å². The van der Waals surface area contributed by atoms with Gasteiger partial charge in [-0.25, -0.2) is 0 Å². The highest BCUT2D eigenvalue weighted by atomic mass is 16.5. The summed E-state index contributed by atoms with van der Waals surface area (Å²) in [5.41, 5.74) is 7.04. The van der Waals surface area contributed by atoms with E-state index in [1.807, 2.05) is 12.1 Å². The molecule has 0 bridgehead atoms. The van der Waals surface area contributed by atoms with Crippen LogP contribution in [-0.2, 0) is 0 Å². The van der Waals surface area contributed by atoms with Gasteiger partial charge >= 0.3 is 0 Å². The molecule has 3 nitrogen and oxygen atoms in total. The molecule has 0 aliphatic carbocycles. The van der Waals surface area contributed by atoms with Crippen LogP contribution in [0.1, 0.15) is 20.3 Å². The molecule has 0 atom stereocenters. The molecule has 1 aromatic rings. The summed E-state index contributed by atoms with van der Waals surface area (Å²) in [6, 6.07) is 8.06. The lowest BCUT2D eigenvalue weighted by atomic mass is 10.0. The van der Waals surface area contributed by atoms with E-state index < -0.39 is 0 Å². The van der Waals surface area contributed by atoms with Gasteiger partial charge in [-0.15, -0.1) is 0 Å². The monoisotopic (exact) mass is 222 g/mol. The number of methoxy groups -OCH3 is 1. The predicted molar refractivity (Wildman–Crippen MR) is 69.1 cm³/mol. The highest BCUT2D eigenvalue weighted by Crippen LogP contribution is 2.19. The summed E-state index contributed by atoms with van der Waals surface area (Å²) >= 11 is 0. The Morgan fingerprint density at radius 3 is 2.25 bits per heavy atom. The molecule has 1 rings (SSSR count). The maximum absolute atomic E-state index is 5.96. The van der Waals surface area contributed by atoms with Crippen LogP contribution >= 0.6 is 0 Å². The number of rotatable bonds is 5. The minimum atomic E-state index is -0.110. The van der Waals surface area contributed by atoms with E-state index in [4.69, 9.17) is 10.5 Å². The summed E-state index contributed by atoms with van der Waals surface area (Å²) in [5.74, 6) is 0.885. The maximum atomic E-state index is 5.96. The Labute approximate surface area is 98.2 Å². The summed E-state index contributed by atoms with van der Waals surface area (Å²) in [6.07, 6.45) is 0.968. The average molecular weight is 222 g/mol. The Balaban J connectivity index is 2.56. The second-order valence-electron chi connectivity index (χ2n) is 4.86. The van der Waals surface area contributed by atoms with Crippen molar-refractivity contribution in [1.82, 2.24) is 0 Å². The smallest absolute Gasteiger partial charge is 0.119 e. The third kappa shape index (κ3) is 4.11. The quantitative estimate of drug-likeness (QED) is 0.830. The Morgan fingerprint density at radius 1 is 1.25 bits per heavy atom. The zero-order valence-corrected chi connectivity index (χ0v) is 10.7. The van der Waals surface area contributed by atoms with E-state index in [-0.39, 0.29) is 5.54 Å². The van der Waals surface area contributed by atoms with E-state index in [0.717, 1.165) is 18.7 Å². The fraction of sp³-hybridized carbons (Fsp3) is 0.538. The molecule has 0 amide bonds. The Bertz CT molecular complexity index is 314. The number of benzene rings is 1. The van der Waals surface area contributed by atoms with E-state index >= 15 is 0 Å². The molecule has 0 saturated heterocycles. The van der Waals surface area contributed by atoms with Crippen LogP contribution in [0.25, 0.3) is 0 Å². The van der Waals surface area contributed by atoms with Crippen molar-refractivity contribution in [3.63, 3.8) is 0 Å². The molecule has 0 radical (unpaired) electrons. The zero-order chi connectivity index (χ0) is 12.2. The van der Waals surface area contributed by atoms with E-state index in [1.165, 1.54) is 5.69 Å².